The molecule has 0 saturated carbocycles. The molecule has 0 aliphatic heterocycles. The van der Waals surface area contributed by atoms with E-state index in [-0.39, 0.29) is 10.8 Å². The molecule has 0 saturated heterocycles. The van der Waals surface area contributed by atoms with Crippen LogP contribution >= 0.6 is 0 Å². The summed E-state index contributed by atoms with van der Waals surface area (Å²) in [6, 6.07) is 14.1. The van der Waals surface area contributed by atoms with Crippen LogP contribution in [-0.4, -0.2) is 50.7 Å². The molecule has 0 radical (unpaired) electrons. The summed E-state index contributed by atoms with van der Waals surface area (Å²) < 4.78 is 25.7. The van der Waals surface area contributed by atoms with Crippen LogP contribution in [0.15, 0.2) is 53.4 Å². The zero-order chi connectivity index (χ0) is 20.7. The number of sulfonamides is 1. The molecule has 0 heterocycles. The lowest BCUT2D eigenvalue weighted by atomic mass is 10.1. The van der Waals surface area contributed by atoms with Crippen LogP contribution < -0.4 is 5.32 Å². The van der Waals surface area contributed by atoms with Crippen LogP contribution in [0.25, 0.3) is 0 Å². The monoisotopic (exact) mass is 403 g/mol. The molecule has 0 aliphatic carbocycles. The van der Waals surface area contributed by atoms with Gasteiger partial charge < -0.3 is 5.32 Å². The molecule has 0 spiro atoms. The smallest absolute Gasteiger partial charge is 0.251 e. The second-order valence-corrected chi connectivity index (χ2v) is 8.88. The molecule has 6 nitrogen and oxygen atoms in total. The van der Waals surface area contributed by atoms with Crippen molar-refractivity contribution >= 4 is 15.9 Å². The van der Waals surface area contributed by atoms with Crippen molar-refractivity contribution in [2.24, 2.45) is 0 Å². The lowest BCUT2D eigenvalue weighted by Crippen LogP contribution is -2.26. The molecule has 2 rings (SSSR count). The summed E-state index contributed by atoms with van der Waals surface area (Å²) in [4.78, 5) is 15.0. The Morgan fingerprint density at radius 2 is 1.61 bits per heavy atom. The van der Waals surface area contributed by atoms with E-state index in [1.807, 2.05) is 18.2 Å². The van der Waals surface area contributed by atoms with Gasteiger partial charge in [0.25, 0.3) is 5.91 Å². The van der Waals surface area contributed by atoms with Crippen molar-refractivity contribution in [3.63, 3.8) is 0 Å². The molecule has 0 atom stereocenters. The molecule has 152 valence electrons. The first-order valence-electron chi connectivity index (χ1n) is 9.39. The molecule has 7 heteroatoms. The van der Waals surface area contributed by atoms with Crippen molar-refractivity contribution in [1.29, 1.82) is 0 Å². The summed E-state index contributed by atoms with van der Waals surface area (Å²) in [5, 5.41) is 2.91. The fraction of sp³-hybridized carbons (Fsp3) is 0.381. The van der Waals surface area contributed by atoms with Crippen molar-refractivity contribution < 1.29 is 13.2 Å². The minimum Gasteiger partial charge on any atom is -0.348 e. The van der Waals surface area contributed by atoms with E-state index in [0.29, 0.717) is 12.1 Å². The Hall–Kier alpha value is -2.22. The first kappa shape index (κ1) is 22.1. The average molecular weight is 404 g/mol. The molecule has 0 bridgehead atoms. The number of hydrogen-bond acceptors (Lipinski definition) is 4. The lowest BCUT2D eigenvalue weighted by molar-refractivity contribution is 0.0950. The first-order valence-corrected chi connectivity index (χ1v) is 10.8. The number of nitrogens with one attached hydrogen (secondary N) is 1. The maximum Gasteiger partial charge on any atom is 0.251 e. The van der Waals surface area contributed by atoms with Crippen molar-refractivity contribution in [2.45, 2.75) is 31.8 Å². The second kappa shape index (κ2) is 9.82. The first-order chi connectivity index (χ1) is 13.3. The van der Waals surface area contributed by atoms with Crippen LogP contribution in [0.3, 0.4) is 0 Å². The number of carbonyl (C=O) groups is 1. The number of rotatable bonds is 9. The molecular formula is C21H29N3O3S. The summed E-state index contributed by atoms with van der Waals surface area (Å²) in [6.07, 6.45) is 0. The van der Waals surface area contributed by atoms with Crippen LogP contribution in [0.5, 0.6) is 0 Å². The minimum absolute atomic E-state index is 0.104. The highest BCUT2D eigenvalue weighted by Gasteiger charge is 2.18. The summed E-state index contributed by atoms with van der Waals surface area (Å²) in [6.45, 7) is 7.40. The van der Waals surface area contributed by atoms with Crippen LogP contribution in [-0.2, 0) is 23.1 Å². The Morgan fingerprint density at radius 3 is 2.21 bits per heavy atom. The number of amides is 1. The molecule has 0 fully saturated rings. The van der Waals surface area contributed by atoms with Crippen molar-refractivity contribution in [3.05, 3.63) is 65.2 Å². The molecule has 2 aromatic carbocycles. The van der Waals surface area contributed by atoms with E-state index >= 15 is 0 Å². The van der Waals surface area contributed by atoms with E-state index in [1.165, 1.54) is 31.8 Å². The highest BCUT2D eigenvalue weighted by atomic mass is 32.2. The third-order valence-corrected chi connectivity index (χ3v) is 6.53. The van der Waals surface area contributed by atoms with Gasteiger partial charge in [0.1, 0.15) is 0 Å². The maximum absolute atomic E-state index is 12.6. The molecular weight excluding hydrogens is 374 g/mol. The Kier molecular flexibility index (Phi) is 7.74. The molecule has 0 unspecified atom stereocenters. The van der Waals surface area contributed by atoms with Gasteiger partial charge in [-0.2, -0.15) is 0 Å². The quantitative estimate of drug-likeness (QED) is 0.699. The van der Waals surface area contributed by atoms with Gasteiger partial charge in [-0.15, -0.1) is 0 Å². The second-order valence-electron chi connectivity index (χ2n) is 6.73. The van der Waals surface area contributed by atoms with Crippen molar-refractivity contribution in [3.8, 4) is 0 Å². The topological polar surface area (TPSA) is 69.7 Å². The van der Waals surface area contributed by atoms with E-state index in [0.717, 1.165) is 29.5 Å². The Morgan fingerprint density at radius 1 is 0.964 bits per heavy atom. The van der Waals surface area contributed by atoms with E-state index in [9.17, 15) is 13.2 Å². The number of hydrogen-bond donors (Lipinski definition) is 1. The molecule has 0 aromatic heterocycles. The predicted molar refractivity (Wildman–Crippen MR) is 112 cm³/mol. The highest BCUT2D eigenvalue weighted by molar-refractivity contribution is 7.89. The van der Waals surface area contributed by atoms with Gasteiger partial charge in [0, 0.05) is 32.7 Å². The summed E-state index contributed by atoms with van der Waals surface area (Å²) in [7, 11) is -0.644. The molecule has 1 amide bonds. The van der Waals surface area contributed by atoms with E-state index in [4.69, 9.17) is 0 Å². The van der Waals surface area contributed by atoms with Gasteiger partial charge >= 0.3 is 0 Å². The lowest BCUT2D eigenvalue weighted by Gasteiger charge is -2.20. The number of carbonyl (C=O) groups excluding carboxylic acids is 1. The number of benzene rings is 2. The summed E-state index contributed by atoms with van der Waals surface area (Å²) in [5.41, 5.74) is 2.56. The normalized spacial score (nSPS) is 11.8. The van der Waals surface area contributed by atoms with Gasteiger partial charge in [0.15, 0.2) is 0 Å². The van der Waals surface area contributed by atoms with Gasteiger partial charge in [-0.05, 0) is 42.4 Å². The average Bonchev–Trinajstić information content (AvgIpc) is 2.70. The van der Waals surface area contributed by atoms with Crippen LogP contribution in [0, 0.1) is 0 Å². The number of nitrogens with zero attached hydrogens (tertiary/aromatic N) is 2. The zero-order valence-corrected chi connectivity index (χ0v) is 17.8. The fourth-order valence-corrected chi connectivity index (χ4v) is 3.81. The van der Waals surface area contributed by atoms with Gasteiger partial charge in [-0.1, -0.05) is 44.2 Å². The third-order valence-electron chi connectivity index (χ3n) is 4.72. The minimum atomic E-state index is -3.58. The Balaban J connectivity index is 2.14. The Labute approximate surface area is 168 Å². The largest absolute Gasteiger partial charge is 0.348 e. The van der Waals surface area contributed by atoms with Gasteiger partial charge in [-0.3, -0.25) is 9.69 Å². The van der Waals surface area contributed by atoms with Gasteiger partial charge in [0.2, 0.25) is 10.0 Å². The molecule has 28 heavy (non-hydrogen) atoms. The third kappa shape index (κ3) is 5.41. The molecule has 0 aliphatic rings. The SMILES string of the molecule is CCN(CC)Cc1ccccc1CNC(=O)c1cccc(S(=O)(=O)N(C)C)c1. The van der Waals surface area contributed by atoms with Gasteiger partial charge in [-0.25, -0.2) is 12.7 Å². The van der Waals surface area contributed by atoms with Crippen LogP contribution in [0.1, 0.15) is 35.3 Å². The standard InChI is InChI=1S/C21H29N3O3S/c1-5-24(6-2)16-19-11-8-7-10-18(19)15-22-21(25)17-12-9-13-20(14-17)28(26,27)23(3)4/h7-14H,5-6,15-16H2,1-4H3,(H,22,25). The van der Waals surface area contributed by atoms with E-state index in [1.54, 1.807) is 12.1 Å². The van der Waals surface area contributed by atoms with Gasteiger partial charge in [0.05, 0.1) is 4.90 Å². The van der Waals surface area contributed by atoms with Crippen molar-refractivity contribution in [1.82, 2.24) is 14.5 Å². The zero-order valence-electron chi connectivity index (χ0n) is 17.0. The van der Waals surface area contributed by atoms with Crippen LogP contribution in [0.4, 0.5) is 0 Å². The fourth-order valence-electron chi connectivity index (χ4n) is 2.86. The van der Waals surface area contributed by atoms with E-state index in [2.05, 4.69) is 30.1 Å². The van der Waals surface area contributed by atoms with E-state index < -0.39 is 10.0 Å². The summed E-state index contributed by atoms with van der Waals surface area (Å²) >= 11 is 0. The predicted octanol–water partition coefficient (Wildman–Crippen LogP) is 2.71. The van der Waals surface area contributed by atoms with Crippen LogP contribution in [0.2, 0.25) is 0 Å². The van der Waals surface area contributed by atoms with Crippen molar-refractivity contribution in [2.75, 3.05) is 27.2 Å². The highest BCUT2D eigenvalue weighted by Crippen LogP contribution is 2.16. The maximum atomic E-state index is 12.6. The molecule has 1 N–H and O–H groups in total. The molecule has 2 aromatic rings. The summed E-state index contributed by atoms with van der Waals surface area (Å²) in [5.74, 6) is -0.298. The Bertz CT molecular complexity index is 907.